The van der Waals surface area contributed by atoms with Crippen molar-refractivity contribution in [1.82, 2.24) is 4.90 Å². The van der Waals surface area contributed by atoms with Crippen LogP contribution < -0.4 is 4.74 Å². The Hall–Kier alpha value is -0.790. The zero-order valence-electron chi connectivity index (χ0n) is 11.6. The Morgan fingerprint density at radius 3 is 2.57 bits per heavy atom. The normalized spacial score (nSPS) is 14.9. The maximum absolute atomic E-state index is 12.4. The lowest BCUT2D eigenvalue weighted by atomic mass is 10.2. The molecule has 1 aromatic rings. The fourth-order valence-corrected chi connectivity index (χ4v) is 3.84. The Labute approximate surface area is 136 Å². The molecule has 0 radical (unpaired) electrons. The highest BCUT2D eigenvalue weighted by Gasteiger charge is 2.27. The number of carbonyl (C=O) groups is 1. The molecule has 0 N–H and O–H groups in total. The molecule has 5 nitrogen and oxygen atoms in total. The van der Waals surface area contributed by atoms with E-state index in [1.165, 1.54) is 19.2 Å². The highest BCUT2D eigenvalue weighted by atomic mass is 79.9. The third-order valence-corrected chi connectivity index (χ3v) is 5.22. The average Bonchev–Trinajstić information content (AvgIpc) is 3.19. The van der Waals surface area contributed by atoms with Gasteiger partial charge in [-0.25, -0.2) is 8.42 Å². The van der Waals surface area contributed by atoms with E-state index in [0.717, 1.165) is 12.8 Å². The number of methoxy groups -OCH3 is 1. The Kier molecular flexibility index (Phi) is 4.85. The summed E-state index contributed by atoms with van der Waals surface area (Å²) in [5.74, 6) is 0.398. The molecule has 1 aliphatic carbocycles. The first-order valence-electron chi connectivity index (χ1n) is 6.31. The molecule has 1 aliphatic rings. The van der Waals surface area contributed by atoms with Crippen molar-refractivity contribution in [3.63, 3.8) is 0 Å². The first-order chi connectivity index (χ1) is 9.74. The molecule has 1 aromatic carbocycles. The minimum Gasteiger partial charge on any atom is -0.494 e. The van der Waals surface area contributed by atoms with Crippen LogP contribution >= 0.6 is 26.6 Å². The Bertz CT molecular complexity index is 673. The number of carbonyl (C=O) groups excluding carboxylic acids is 1. The van der Waals surface area contributed by atoms with Gasteiger partial charge in [0.2, 0.25) is 0 Å². The first kappa shape index (κ1) is 16.6. The van der Waals surface area contributed by atoms with Crippen LogP contribution in [0.4, 0.5) is 0 Å². The van der Waals surface area contributed by atoms with Crippen molar-refractivity contribution in [3.8, 4) is 5.75 Å². The van der Waals surface area contributed by atoms with E-state index in [1.807, 2.05) is 0 Å². The maximum atomic E-state index is 12.4. The second kappa shape index (κ2) is 6.14. The predicted molar refractivity (Wildman–Crippen MR) is 83.4 cm³/mol. The summed E-state index contributed by atoms with van der Waals surface area (Å²) < 4.78 is 28.7. The van der Waals surface area contributed by atoms with Gasteiger partial charge in [-0.1, -0.05) is 0 Å². The summed E-state index contributed by atoms with van der Waals surface area (Å²) in [6.07, 6.45) is 2.26. The third kappa shape index (κ3) is 3.90. The Morgan fingerprint density at radius 1 is 1.48 bits per heavy atom. The third-order valence-electron chi connectivity index (χ3n) is 3.30. The Morgan fingerprint density at radius 2 is 2.10 bits per heavy atom. The van der Waals surface area contributed by atoms with Gasteiger partial charge in [0, 0.05) is 29.8 Å². The summed E-state index contributed by atoms with van der Waals surface area (Å²) >= 11 is 3.21. The maximum Gasteiger partial charge on any atom is 0.265 e. The summed E-state index contributed by atoms with van der Waals surface area (Å²) in [4.78, 5) is 13.7. The van der Waals surface area contributed by atoms with E-state index >= 15 is 0 Å². The van der Waals surface area contributed by atoms with E-state index in [9.17, 15) is 13.2 Å². The molecule has 0 bridgehead atoms. The van der Waals surface area contributed by atoms with E-state index in [4.69, 9.17) is 15.4 Å². The van der Waals surface area contributed by atoms with E-state index in [1.54, 1.807) is 11.9 Å². The highest BCUT2D eigenvalue weighted by molar-refractivity contribution is 9.10. The topological polar surface area (TPSA) is 63.7 Å². The fraction of sp³-hybridized carbons (Fsp3) is 0.462. The average molecular weight is 397 g/mol. The number of halogens is 2. The molecule has 1 fully saturated rings. The number of rotatable bonds is 5. The number of hydrogen-bond donors (Lipinski definition) is 0. The van der Waals surface area contributed by atoms with Crippen LogP contribution in [-0.2, 0) is 9.05 Å². The fourth-order valence-electron chi connectivity index (χ4n) is 2.06. The lowest BCUT2D eigenvalue weighted by molar-refractivity contribution is 0.0788. The summed E-state index contributed by atoms with van der Waals surface area (Å²) in [6, 6.07) is 2.79. The van der Waals surface area contributed by atoms with Crippen LogP contribution in [0.15, 0.2) is 21.5 Å². The summed E-state index contributed by atoms with van der Waals surface area (Å²) in [7, 11) is 4.44. The molecule has 0 atom stereocenters. The zero-order chi connectivity index (χ0) is 15.8. The van der Waals surface area contributed by atoms with Crippen molar-refractivity contribution >= 4 is 41.6 Å². The predicted octanol–water partition coefficient (Wildman–Crippen LogP) is 2.87. The molecule has 0 aromatic heterocycles. The molecule has 21 heavy (non-hydrogen) atoms. The van der Waals surface area contributed by atoms with Crippen LogP contribution in [0, 0.1) is 5.92 Å². The van der Waals surface area contributed by atoms with Gasteiger partial charge in [-0.2, -0.15) is 0 Å². The van der Waals surface area contributed by atoms with Gasteiger partial charge in [-0.3, -0.25) is 4.79 Å². The van der Waals surface area contributed by atoms with Crippen LogP contribution in [0.1, 0.15) is 23.2 Å². The minimum absolute atomic E-state index is 0.0893. The quantitative estimate of drug-likeness (QED) is 0.718. The molecule has 2 rings (SSSR count). The van der Waals surface area contributed by atoms with E-state index in [-0.39, 0.29) is 22.1 Å². The zero-order valence-corrected chi connectivity index (χ0v) is 14.8. The number of benzene rings is 1. The number of nitrogens with zero attached hydrogens (tertiary/aromatic N) is 1. The second-order valence-electron chi connectivity index (χ2n) is 5.06. The van der Waals surface area contributed by atoms with Crippen LogP contribution in [0.25, 0.3) is 0 Å². The molecular weight excluding hydrogens is 382 g/mol. The van der Waals surface area contributed by atoms with Crippen molar-refractivity contribution in [2.75, 3.05) is 20.7 Å². The monoisotopic (exact) mass is 395 g/mol. The van der Waals surface area contributed by atoms with Gasteiger partial charge >= 0.3 is 0 Å². The van der Waals surface area contributed by atoms with Gasteiger partial charge in [0.1, 0.15) is 4.90 Å². The van der Waals surface area contributed by atoms with Crippen molar-refractivity contribution < 1.29 is 17.9 Å². The molecule has 0 heterocycles. The van der Waals surface area contributed by atoms with Crippen molar-refractivity contribution in [2.24, 2.45) is 5.92 Å². The van der Waals surface area contributed by atoms with Crippen LogP contribution in [0.5, 0.6) is 5.75 Å². The molecular formula is C13H15BrClNO4S. The summed E-state index contributed by atoms with van der Waals surface area (Å²) in [6.45, 7) is 0.672. The second-order valence-corrected chi connectivity index (χ2v) is 8.45. The number of ether oxygens (including phenoxy) is 1. The SMILES string of the molecule is COc1c(Br)cc(C(=O)N(C)CC2CC2)cc1S(=O)(=O)Cl. The van der Waals surface area contributed by atoms with Crippen LogP contribution in [-0.4, -0.2) is 39.9 Å². The molecule has 0 saturated heterocycles. The van der Waals surface area contributed by atoms with Crippen molar-refractivity contribution in [3.05, 3.63) is 22.2 Å². The first-order valence-corrected chi connectivity index (χ1v) is 9.42. The largest absolute Gasteiger partial charge is 0.494 e. The van der Waals surface area contributed by atoms with Gasteiger partial charge in [0.05, 0.1) is 11.6 Å². The Balaban J connectivity index is 2.40. The lowest BCUT2D eigenvalue weighted by Crippen LogP contribution is -2.28. The molecule has 1 saturated carbocycles. The molecule has 1 amide bonds. The molecule has 0 unspecified atom stereocenters. The van der Waals surface area contributed by atoms with Crippen LogP contribution in [0.2, 0.25) is 0 Å². The van der Waals surface area contributed by atoms with E-state index in [0.29, 0.717) is 16.9 Å². The van der Waals surface area contributed by atoms with Gasteiger partial charge in [-0.05, 0) is 46.8 Å². The van der Waals surface area contributed by atoms with E-state index in [2.05, 4.69) is 15.9 Å². The molecule has 8 heteroatoms. The molecule has 0 spiro atoms. The minimum atomic E-state index is -4.01. The van der Waals surface area contributed by atoms with Crippen molar-refractivity contribution in [2.45, 2.75) is 17.7 Å². The summed E-state index contributed by atoms with van der Waals surface area (Å²) in [5, 5.41) is 0. The highest BCUT2D eigenvalue weighted by Crippen LogP contribution is 2.36. The van der Waals surface area contributed by atoms with E-state index < -0.39 is 9.05 Å². The van der Waals surface area contributed by atoms with Gasteiger partial charge < -0.3 is 9.64 Å². The van der Waals surface area contributed by atoms with Crippen molar-refractivity contribution in [1.29, 1.82) is 0 Å². The van der Waals surface area contributed by atoms with Crippen LogP contribution in [0.3, 0.4) is 0 Å². The number of hydrogen-bond acceptors (Lipinski definition) is 4. The van der Waals surface area contributed by atoms with Gasteiger partial charge in [-0.15, -0.1) is 0 Å². The summed E-state index contributed by atoms with van der Waals surface area (Å²) in [5.41, 5.74) is 0.255. The lowest BCUT2D eigenvalue weighted by Gasteiger charge is -2.18. The number of amides is 1. The molecule has 0 aliphatic heterocycles. The van der Waals surface area contributed by atoms with Gasteiger partial charge in [0.25, 0.3) is 15.0 Å². The van der Waals surface area contributed by atoms with Gasteiger partial charge in [0.15, 0.2) is 5.75 Å². The standard InChI is InChI=1S/C13H15BrClNO4S/c1-16(7-8-3-4-8)13(17)9-5-10(14)12(20-2)11(6-9)21(15,18)19/h5-6,8H,3-4,7H2,1-2H3. The molecule has 116 valence electrons. The smallest absolute Gasteiger partial charge is 0.265 e.